The highest BCUT2D eigenvalue weighted by Gasteiger charge is 2.39. The Hall–Kier alpha value is -3.00. The van der Waals surface area contributed by atoms with Gasteiger partial charge in [0.25, 0.3) is 11.8 Å². The monoisotopic (exact) mass is 344 g/mol. The number of hydroxylamine groups is 2. The van der Waals surface area contributed by atoms with Crippen LogP contribution < -0.4 is 0 Å². The molecule has 0 radical (unpaired) electrons. The summed E-state index contributed by atoms with van der Waals surface area (Å²) in [4.78, 5) is 41.3. The van der Waals surface area contributed by atoms with E-state index in [1.165, 1.54) is 18.2 Å². The lowest BCUT2D eigenvalue weighted by molar-refractivity contribution is -0.0590. The minimum absolute atomic E-state index is 0.122. The van der Waals surface area contributed by atoms with Crippen molar-refractivity contribution in [1.29, 1.82) is 0 Å². The van der Waals surface area contributed by atoms with Crippen molar-refractivity contribution in [3.63, 3.8) is 0 Å². The lowest BCUT2D eigenvalue weighted by atomic mass is 10.1. The third-order valence-corrected chi connectivity index (χ3v) is 3.35. The molecule has 1 aromatic carbocycles. The Morgan fingerprint density at radius 2 is 1.76 bits per heavy atom. The van der Waals surface area contributed by atoms with E-state index in [9.17, 15) is 14.4 Å². The van der Waals surface area contributed by atoms with Crippen LogP contribution in [-0.2, 0) is 16.2 Å². The van der Waals surface area contributed by atoms with Gasteiger partial charge in [0.05, 0.1) is 16.7 Å². The number of ether oxygens (including phenoxy) is 1. The van der Waals surface area contributed by atoms with Gasteiger partial charge in [0.15, 0.2) is 11.5 Å². The minimum atomic E-state index is -0.972. The second-order valence-corrected chi connectivity index (χ2v) is 6.41. The molecule has 0 unspecified atom stereocenters. The smallest absolute Gasteiger partial charge is 0.368 e. The van der Waals surface area contributed by atoms with Crippen LogP contribution in [0.4, 0.5) is 0 Å². The summed E-state index contributed by atoms with van der Waals surface area (Å²) in [5, 5.41) is 4.00. The van der Waals surface area contributed by atoms with Crippen LogP contribution in [0.3, 0.4) is 0 Å². The molecule has 0 N–H and O–H groups in total. The number of hydrogen-bond donors (Lipinski definition) is 0. The van der Waals surface area contributed by atoms with Crippen molar-refractivity contribution in [3.8, 4) is 0 Å². The summed E-state index contributed by atoms with van der Waals surface area (Å²) in [6, 6.07) is 7.55. The summed E-state index contributed by atoms with van der Waals surface area (Å²) in [6.45, 7) is 5.75. The van der Waals surface area contributed by atoms with Gasteiger partial charge >= 0.3 is 5.97 Å². The van der Waals surface area contributed by atoms with Gasteiger partial charge in [-0.3, -0.25) is 9.59 Å². The van der Waals surface area contributed by atoms with Crippen LogP contribution in [0.1, 0.15) is 57.7 Å². The average molecular weight is 344 g/mol. The highest BCUT2D eigenvalue weighted by atomic mass is 16.7. The number of hydrogen-bond acceptors (Lipinski definition) is 7. The molecule has 2 heterocycles. The van der Waals surface area contributed by atoms with Crippen LogP contribution >= 0.6 is 0 Å². The lowest BCUT2D eigenvalue weighted by Crippen LogP contribution is -2.32. The molecule has 3 rings (SSSR count). The highest BCUT2D eigenvalue weighted by Crippen LogP contribution is 2.23. The van der Waals surface area contributed by atoms with Crippen molar-refractivity contribution < 1.29 is 28.5 Å². The number of carbonyl (C=O) groups is 3. The molecule has 2 aromatic rings. The first-order valence-corrected chi connectivity index (χ1v) is 7.56. The molecule has 0 fully saturated rings. The van der Waals surface area contributed by atoms with E-state index in [4.69, 9.17) is 14.1 Å². The molecule has 25 heavy (non-hydrogen) atoms. The molecular formula is C17H16N2O6. The molecule has 0 saturated heterocycles. The normalized spacial score (nSPS) is 14.0. The first-order valence-electron chi connectivity index (χ1n) is 7.56. The predicted molar refractivity (Wildman–Crippen MR) is 83.4 cm³/mol. The largest absolute Gasteiger partial charge is 0.385 e. The van der Waals surface area contributed by atoms with Gasteiger partial charge in [0, 0.05) is 6.07 Å². The van der Waals surface area contributed by atoms with Gasteiger partial charge in [0.2, 0.25) is 0 Å². The van der Waals surface area contributed by atoms with Crippen molar-refractivity contribution in [2.24, 2.45) is 0 Å². The number of imide groups is 1. The fourth-order valence-corrected chi connectivity index (χ4v) is 2.14. The SMILES string of the molecule is CC(C)(C)OCc1cc(C(=O)ON2C(=O)c3ccccc3C2=O)no1. The maximum absolute atomic E-state index is 12.2. The quantitative estimate of drug-likeness (QED) is 0.785. The fourth-order valence-electron chi connectivity index (χ4n) is 2.14. The molecule has 8 heteroatoms. The molecule has 2 amide bonds. The molecule has 0 spiro atoms. The van der Waals surface area contributed by atoms with Gasteiger partial charge in [-0.15, -0.1) is 0 Å². The van der Waals surface area contributed by atoms with Crippen molar-refractivity contribution in [2.45, 2.75) is 33.0 Å². The van der Waals surface area contributed by atoms with E-state index in [0.717, 1.165) is 0 Å². The molecule has 1 aliphatic rings. The Balaban J connectivity index is 1.69. The number of rotatable bonds is 4. The number of aromatic nitrogens is 1. The van der Waals surface area contributed by atoms with E-state index in [-0.39, 0.29) is 29.0 Å². The second-order valence-electron chi connectivity index (χ2n) is 6.41. The van der Waals surface area contributed by atoms with E-state index in [0.29, 0.717) is 10.8 Å². The number of carbonyl (C=O) groups excluding carboxylic acids is 3. The number of benzene rings is 1. The topological polar surface area (TPSA) is 98.9 Å². The first-order chi connectivity index (χ1) is 11.8. The van der Waals surface area contributed by atoms with Crippen molar-refractivity contribution >= 4 is 17.8 Å². The van der Waals surface area contributed by atoms with E-state index in [1.54, 1.807) is 12.1 Å². The maximum Gasteiger partial charge on any atom is 0.385 e. The average Bonchev–Trinajstić information content (AvgIpc) is 3.12. The predicted octanol–water partition coefficient (Wildman–Crippen LogP) is 2.36. The summed E-state index contributed by atoms with van der Waals surface area (Å²) in [5.74, 6) is -2.05. The molecular weight excluding hydrogens is 328 g/mol. The Morgan fingerprint density at radius 1 is 1.16 bits per heavy atom. The van der Waals surface area contributed by atoms with Gasteiger partial charge in [-0.1, -0.05) is 22.4 Å². The standard InChI is InChI=1S/C17H16N2O6/c1-17(2,3)23-9-10-8-13(18-24-10)16(22)25-19-14(20)11-6-4-5-7-12(11)15(19)21/h4-8H,9H2,1-3H3. The number of fused-ring (bicyclic) bond motifs is 1. The third kappa shape index (κ3) is 3.43. The van der Waals surface area contributed by atoms with Crippen molar-refractivity contribution in [1.82, 2.24) is 10.2 Å². The third-order valence-electron chi connectivity index (χ3n) is 3.35. The van der Waals surface area contributed by atoms with Crippen LogP contribution in [0.2, 0.25) is 0 Å². The number of nitrogens with zero attached hydrogens (tertiary/aromatic N) is 2. The molecule has 0 saturated carbocycles. The molecule has 1 aromatic heterocycles. The Kier molecular flexibility index (Phi) is 4.13. The summed E-state index contributed by atoms with van der Waals surface area (Å²) < 4.78 is 10.5. The Labute approximate surface area is 143 Å². The summed E-state index contributed by atoms with van der Waals surface area (Å²) in [6.07, 6.45) is 0. The summed E-state index contributed by atoms with van der Waals surface area (Å²) in [7, 11) is 0. The molecule has 130 valence electrons. The zero-order chi connectivity index (χ0) is 18.2. The fraction of sp³-hybridized carbons (Fsp3) is 0.294. The van der Waals surface area contributed by atoms with Gasteiger partial charge in [-0.05, 0) is 32.9 Å². The summed E-state index contributed by atoms with van der Waals surface area (Å²) in [5.41, 5.74) is -0.184. The van der Waals surface area contributed by atoms with E-state index < -0.39 is 17.8 Å². The van der Waals surface area contributed by atoms with Crippen LogP contribution in [0.25, 0.3) is 0 Å². The Morgan fingerprint density at radius 3 is 2.32 bits per heavy atom. The molecule has 8 nitrogen and oxygen atoms in total. The van der Waals surface area contributed by atoms with E-state index in [2.05, 4.69) is 5.16 Å². The highest BCUT2D eigenvalue weighted by molar-refractivity contribution is 6.21. The molecule has 0 aliphatic carbocycles. The first kappa shape index (κ1) is 16.8. The maximum atomic E-state index is 12.2. The van der Waals surface area contributed by atoms with Crippen molar-refractivity contribution in [3.05, 3.63) is 52.9 Å². The second kappa shape index (κ2) is 6.14. The van der Waals surface area contributed by atoms with E-state index >= 15 is 0 Å². The Bertz CT molecular complexity index is 814. The number of amides is 2. The molecule has 0 atom stereocenters. The molecule has 1 aliphatic heterocycles. The van der Waals surface area contributed by atoms with Gasteiger partial charge < -0.3 is 14.1 Å². The van der Waals surface area contributed by atoms with Crippen molar-refractivity contribution in [2.75, 3.05) is 0 Å². The zero-order valence-electron chi connectivity index (χ0n) is 13.9. The van der Waals surface area contributed by atoms with Gasteiger partial charge in [0.1, 0.15) is 6.61 Å². The van der Waals surface area contributed by atoms with Crippen LogP contribution in [0, 0.1) is 0 Å². The minimum Gasteiger partial charge on any atom is -0.368 e. The van der Waals surface area contributed by atoms with Crippen LogP contribution in [-0.4, -0.2) is 33.6 Å². The van der Waals surface area contributed by atoms with E-state index in [1.807, 2.05) is 20.8 Å². The van der Waals surface area contributed by atoms with Crippen LogP contribution in [0.15, 0.2) is 34.9 Å². The zero-order valence-corrected chi connectivity index (χ0v) is 13.9. The molecule has 0 bridgehead atoms. The van der Waals surface area contributed by atoms with Gasteiger partial charge in [-0.2, -0.15) is 0 Å². The van der Waals surface area contributed by atoms with Crippen LogP contribution in [0.5, 0.6) is 0 Å². The summed E-state index contributed by atoms with van der Waals surface area (Å²) >= 11 is 0. The lowest BCUT2D eigenvalue weighted by Gasteiger charge is -2.17. The van der Waals surface area contributed by atoms with Gasteiger partial charge in [-0.25, -0.2) is 4.79 Å².